The van der Waals surface area contributed by atoms with E-state index < -0.39 is 10.8 Å². The Morgan fingerprint density at radius 1 is 0.811 bits per heavy atom. The SMILES string of the molecule is CC(C)c1cccc(C(C)C)c1S(=O)c1ccccc1N=Cc1cc(C(C)(C)C)cc(C(C)(C)C)c1O. The van der Waals surface area contributed by atoms with E-state index in [-0.39, 0.29) is 28.4 Å². The number of para-hydroxylation sites is 1. The molecule has 0 spiro atoms. The van der Waals surface area contributed by atoms with Gasteiger partial charge in [0.25, 0.3) is 0 Å². The summed E-state index contributed by atoms with van der Waals surface area (Å²) in [5.41, 5.74) is 5.26. The Morgan fingerprint density at radius 3 is 1.89 bits per heavy atom. The lowest BCUT2D eigenvalue weighted by Gasteiger charge is -2.27. The van der Waals surface area contributed by atoms with Crippen LogP contribution in [-0.2, 0) is 21.6 Å². The van der Waals surface area contributed by atoms with Crippen molar-refractivity contribution in [1.82, 2.24) is 0 Å². The highest BCUT2D eigenvalue weighted by molar-refractivity contribution is 7.85. The maximum absolute atomic E-state index is 14.2. The van der Waals surface area contributed by atoms with Crippen LogP contribution in [0, 0.1) is 0 Å². The predicted octanol–water partition coefficient (Wildman–Crippen LogP) is 9.15. The normalized spacial score (nSPS) is 13.6. The lowest BCUT2D eigenvalue weighted by Crippen LogP contribution is -2.17. The van der Waals surface area contributed by atoms with Gasteiger partial charge in [-0.15, -0.1) is 0 Å². The Labute approximate surface area is 226 Å². The van der Waals surface area contributed by atoms with E-state index in [1.54, 1.807) is 6.21 Å². The summed E-state index contributed by atoms with van der Waals surface area (Å²) in [4.78, 5) is 6.37. The minimum Gasteiger partial charge on any atom is -0.507 e. The van der Waals surface area contributed by atoms with Crippen LogP contribution in [-0.4, -0.2) is 15.5 Å². The molecule has 0 aliphatic rings. The number of hydrogen-bond donors (Lipinski definition) is 1. The van der Waals surface area contributed by atoms with Crippen molar-refractivity contribution in [3.05, 3.63) is 82.4 Å². The zero-order valence-corrected chi connectivity index (χ0v) is 25.0. The largest absolute Gasteiger partial charge is 0.507 e. The van der Waals surface area contributed by atoms with Crippen molar-refractivity contribution < 1.29 is 9.32 Å². The quantitative estimate of drug-likeness (QED) is 0.331. The second-order valence-corrected chi connectivity index (χ2v) is 13.9. The van der Waals surface area contributed by atoms with E-state index in [1.165, 1.54) is 0 Å². The number of phenols is 1. The average Bonchev–Trinajstić information content (AvgIpc) is 2.81. The maximum Gasteiger partial charge on any atom is 0.128 e. The fourth-order valence-electron chi connectivity index (χ4n) is 4.43. The molecular formula is C33H43NO2S. The second kappa shape index (κ2) is 10.9. The minimum atomic E-state index is -1.40. The van der Waals surface area contributed by atoms with Gasteiger partial charge in [0.05, 0.1) is 26.3 Å². The van der Waals surface area contributed by atoms with Crippen molar-refractivity contribution in [2.75, 3.05) is 0 Å². The first-order valence-corrected chi connectivity index (χ1v) is 14.3. The summed E-state index contributed by atoms with van der Waals surface area (Å²) in [6, 6.07) is 18.0. The molecule has 4 heteroatoms. The Morgan fingerprint density at radius 2 is 1.38 bits per heavy atom. The van der Waals surface area contributed by atoms with Gasteiger partial charge in [-0.2, -0.15) is 0 Å². The zero-order valence-electron chi connectivity index (χ0n) is 24.1. The molecule has 0 saturated heterocycles. The molecular weight excluding hydrogens is 474 g/mol. The van der Waals surface area contributed by atoms with Gasteiger partial charge in [0, 0.05) is 17.3 Å². The van der Waals surface area contributed by atoms with Gasteiger partial charge in [-0.05, 0) is 57.6 Å². The molecule has 3 aromatic carbocycles. The van der Waals surface area contributed by atoms with Crippen LogP contribution < -0.4 is 0 Å². The van der Waals surface area contributed by atoms with Crippen molar-refractivity contribution in [3.63, 3.8) is 0 Å². The molecule has 37 heavy (non-hydrogen) atoms. The monoisotopic (exact) mass is 517 g/mol. The lowest BCUT2D eigenvalue weighted by atomic mass is 9.79. The number of nitrogens with zero attached hydrogens (tertiary/aromatic N) is 1. The first-order valence-electron chi connectivity index (χ1n) is 13.2. The van der Waals surface area contributed by atoms with E-state index in [0.29, 0.717) is 16.1 Å². The molecule has 0 aromatic heterocycles. The van der Waals surface area contributed by atoms with Crippen molar-refractivity contribution in [1.29, 1.82) is 0 Å². The zero-order chi connectivity index (χ0) is 27.7. The van der Waals surface area contributed by atoms with E-state index in [1.807, 2.05) is 30.3 Å². The van der Waals surface area contributed by atoms with Crippen LogP contribution in [0.25, 0.3) is 0 Å². The summed E-state index contributed by atoms with van der Waals surface area (Å²) in [5.74, 6) is 0.748. The molecule has 0 aliphatic carbocycles. The number of benzene rings is 3. The van der Waals surface area contributed by atoms with Crippen LogP contribution in [0.15, 0.2) is 69.4 Å². The number of phenolic OH excluding ortho intramolecular Hbond substituents is 1. The van der Waals surface area contributed by atoms with Gasteiger partial charge < -0.3 is 5.11 Å². The van der Waals surface area contributed by atoms with E-state index in [0.717, 1.165) is 27.1 Å². The molecule has 1 N–H and O–H groups in total. The van der Waals surface area contributed by atoms with Gasteiger partial charge in [-0.25, -0.2) is 4.21 Å². The van der Waals surface area contributed by atoms with Crippen molar-refractivity contribution >= 4 is 22.7 Å². The molecule has 0 saturated carbocycles. The molecule has 198 valence electrons. The summed E-state index contributed by atoms with van der Waals surface area (Å²) >= 11 is 0. The first kappa shape index (κ1) is 28.8. The number of aromatic hydroxyl groups is 1. The average molecular weight is 518 g/mol. The topological polar surface area (TPSA) is 49.7 Å². The number of aliphatic imine (C=N–C) groups is 1. The summed E-state index contributed by atoms with van der Waals surface area (Å²) in [6.45, 7) is 21.4. The van der Waals surface area contributed by atoms with Gasteiger partial charge in [0.1, 0.15) is 5.75 Å². The van der Waals surface area contributed by atoms with E-state index in [2.05, 4.69) is 93.5 Å². The highest BCUT2D eigenvalue weighted by Crippen LogP contribution is 2.38. The number of hydrogen-bond acceptors (Lipinski definition) is 3. The van der Waals surface area contributed by atoms with Crippen molar-refractivity contribution in [2.24, 2.45) is 4.99 Å². The fraction of sp³-hybridized carbons (Fsp3) is 0.424. The summed E-state index contributed by atoms with van der Waals surface area (Å²) < 4.78 is 14.2. The van der Waals surface area contributed by atoms with E-state index >= 15 is 0 Å². The molecule has 1 atom stereocenters. The lowest BCUT2D eigenvalue weighted by molar-refractivity contribution is 0.444. The highest BCUT2D eigenvalue weighted by atomic mass is 32.2. The van der Waals surface area contributed by atoms with Gasteiger partial charge in [-0.3, -0.25) is 4.99 Å². The molecule has 3 nitrogen and oxygen atoms in total. The molecule has 0 heterocycles. The summed E-state index contributed by atoms with van der Waals surface area (Å²) in [7, 11) is -1.40. The van der Waals surface area contributed by atoms with Gasteiger partial charge in [-0.1, -0.05) is 106 Å². The third-order valence-corrected chi connectivity index (χ3v) is 8.31. The minimum absolute atomic E-state index is 0.0799. The predicted molar refractivity (Wildman–Crippen MR) is 158 cm³/mol. The Kier molecular flexibility index (Phi) is 8.54. The standard InChI is InChI=1S/C33H43NO2S/c1-21(2)25-14-13-15-26(22(3)4)31(25)37(36)29-17-12-11-16-28(29)34-20-23-18-24(32(5,6)7)19-27(30(23)35)33(8,9)10/h11-22,35H,1-10H3. The van der Waals surface area contributed by atoms with Crippen molar-refractivity contribution in [3.8, 4) is 5.75 Å². The first-order chi connectivity index (χ1) is 17.1. The Hall–Kier alpha value is -2.72. The Balaban J connectivity index is 2.17. The summed E-state index contributed by atoms with van der Waals surface area (Å²) in [5, 5.41) is 11.2. The van der Waals surface area contributed by atoms with Crippen LogP contribution in [0.5, 0.6) is 5.75 Å². The number of rotatable bonds is 6. The molecule has 0 bridgehead atoms. The van der Waals surface area contributed by atoms with Crippen LogP contribution in [0.2, 0.25) is 0 Å². The molecule has 3 aromatic rings. The second-order valence-electron chi connectivity index (χ2n) is 12.5. The molecule has 1 unspecified atom stereocenters. The van der Waals surface area contributed by atoms with Gasteiger partial charge in [0.15, 0.2) is 0 Å². The van der Waals surface area contributed by atoms with E-state index in [4.69, 9.17) is 4.99 Å². The van der Waals surface area contributed by atoms with E-state index in [9.17, 15) is 9.32 Å². The van der Waals surface area contributed by atoms with Crippen LogP contribution in [0.3, 0.4) is 0 Å². The fourth-order valence-corrected chi connectivity index (χ4v) is 6.19. The third-order valence-electron chi connectivity index (χ3n) is 6.73. The smallest absolute Gasteiger partial charge is 0.128 e. The van der Waals surface area contributed by atoms with Crippen LogP contribution in [0.4, 0.5) is 5.69 Å². The molecule has 0 amide bonds. The Bertz CT molecular complexity index is 1290. The molecule has 0 fully saturated rings. The molecule has 0 aliphatic heterocycles. The molecule has 3 rings (SSSR count). The van der Waals surface area contributed by atoms with Gasteiger partial charge >= 0.3 is 0 Å². The van der Waals surface area contributed by atoms with Crippen LogP contribution in [0.1, 0.15) is 109 Å². The summed E-state index contributed by atoms with van der Waals surface area (Å²) in [6.07, 6.45) is 1.72. The van der Waals surface area contributed by atoms with Crippen molar-refractivity contribution in [2.45, 2.75) is 102 Å². The van der Waals surface area contributed by atoms with Gasteiger partial charge in [0.2, 0.25) is 0 Å². The third kappa shape index (κ3) is 6.41. The molecule has 0 radical (unpaired) electrons. The maximum atomic E-state index is 14.2. The van der Waals surface area contributed by atoms with Crippen LogP contribution >= 0.6 is 0 Å². The highest BCUT2D eigenvalue weighted by Gasteiger charge is 2.25.